The molecule has 3 aromatic rings. The van der Waals surface area contributed by atoms with Crippen LogP contribution >= 0.6 is 11.6 Å². The van der Waals surface area contributed by atoms with E-state index in [1.165, 1.54) is 12.4 Å². The first kappa shape index (κ1) is 18.0. The Balaban J connectivity index is 1.66. The first-order valence-electron chi connectivity index (χ1n) is 7.74. The van der Waals surface area contributed by atoms with Crippen LogP contribution in [0.3, 0.4) is 0 Å². The lowest BCUT2D eigenvalue weighted by atomic mass is 10.1. The molecule has 0 atom stereocenters. The number of aromatic nitrogens is 2. The summed E-state index contributed by atoms with van der Waals surface area (Å²) in [7, 11) is 0. The number of halogens is 4. The predicted molar refractivity (Wildman–Crippen MR) is 96.0 cm³/mol. The van der Waals surface area contributed by atoms with Gasteiger partial charge >= 0.3 is 6.18 Å². The van der Waals surface area contributed by atoms with Crippen molar-refractivity contribution in [1.82, 2.24) is 9.97 Å². The fourth-order valence-corrected chi connectivity index (χ4v) is 2.51. The van der Waals surface area contributed by atoms with Crippen LogP contribution in [-0.2, 0) is 6.18 Å². The van der Waals surface area contributed by atoms with Crippen LogP contribution in [-0.4, -0.2) is 16.5 Å². The summed E-state index contributed by atoms with van der Waals surface area (Å²) in [6, 6.07) is 10.7. The molecule has 0 aliphatic heterocycles. The predicted octanol–water partition coefficient (Wildman–Crippen LogP) is 5.16. The number of fused-ring (bicyclic) bond motifs is 1. The van der Waals surface area contributed by atoms with Crippen molar-refractivity contribution in [3.05, 3.63) is 64.9 Å². The van der Waals surface area contributed by atoms with Gasteiger partial charge in [-0.2, -0.15) is 13.2 Å². The summed E-state index contributed by atoms with van der Waals surface area (Å²) in [6.45, 7) is 0.491. The van der Waals surface area contributed by atoms with E-state index in [0.717, 1.165) is 23.0 Å². The first-order chi connectivity index (χ1) is 12.4. The molecule has 1 aromatic heterocycles. The lowest BCUT2D eigenvalue weighted by Gasteiger charge is -2.07. The van der Waals surface area contributed by atoms with Crippen LogP contribution in [0.15, 0.2) is 48.8 Å². The molecule has 26 heavy (non-hydrogen) atoms. The summed E-state index contributed by atoms with van der Waals surface area (Å²) in [4.78, 5) is 8.38. The summed E-state index contributed by atoms with van der Waals surface area (Å²) in [6.07, 6.45) is -2.53. The van der Waals surface area contributed by atoms with Gasteiger partial charge in [-0.1, -0.05) is 35.6 Å². The van der Waals surface area contributed by atoms with Gasteiger partial charge in [-0.05, 0) is 30.3 Å². The van der Waals surface area contributed by atoms with Gasteiger partial charge in [0.15, 0.2) is 0 Å². The van der Waals surface area contributed by atoms with Gasteiger partial charge in [0, 0.05) is 23.9 Å². The van der Waals surface area contributed by atoms with Crippen molar-refractivity contribution in [2.75, 3.05) is 11.9 Å². The Hall–Kier alpha value is -2.78. The molecule has 0 unspecified atom stereocenters. The molecule has 0 radical (unpaired) electrons. The molecule has 7 heteroatoms. The number of nitrogens with zero attached hydrogens (tertiary/aromatic N) is 2. The van der Waals surface area contributed by atoms with Crippen LogP contribution in [0, 0.1) is 11.8 Å². The molecule has 1 N–H and O–H groups in total. The third-order valence-electron chi connectivity index (χ3n) is 3.60. The van der Waals surface area contributed by atoms with Crippen LogP contribution in [0.2, 0.25) is 5.02 Å². The summed E-state index contributed by atoms with van der Waals surface area (Å²) in [5.41, 5.74) is 0.220. The lowest BCUT2D eigenvalue weighted by Crippen LogP contribution is -2.05. The molecule has 0 bridgehead atoms. The van der Waals surface area contributed by atoms with Gasteiger partial charge < -0.3 is 5.32 Å². The Morgan fingerprint density at radius 3 is 2.69 bits per heavy atom. The summed E-state index contributed by atoms with van der Waals surface area (Å²) < 4.78 is 38.2. The maximum absolute atomic E-state index is 12.7. The van der Waals surface area contributed by atoms with Gasteiger partial charge in [0.25, 0.3) is 0 Å². The highest BCUT2D eigenvalue weighted by Crippen LogP contribution is 2.31. The molecular formula is C19H13ClF3N3. The van der Waals surface area contributed by atoms with E-state index in [2.05, 4.69) is 27.1 Å². The summed E-state index contributed by atoms with van der Waals surface area (Å²) >= 11 is 5.92. The van der Waals surface area contributed by atoms with E-state index in [0.29, 0.717) is 18.8 Å². The molecule has 0 aliphatic rings. The second-order valence-corrected chi connectivity index (χ2v) is 5.82. The van der Waals surface area contributed by atoms with E-state index < -0.39 is 11.7 Å². The number of para-hydroxylation sites is 1. The van der Waals surface area contributed by atoms with E-state index >= 15 is 0 Å². The van der Waals surface area contributed by atoms with Crippen molar-refractivity contribution < 1.29 is 13.2 Å². The third-order valence-corrected chi connectivity index (χ3v) is 3.93. The normalized spacial score (nSPS) is 11.1. The zero-order chi connectivity index (χ0) is 18.6. The molecule has 3 rings (SSSR count). The van der Waals surface area contributed by atoms with Gasteiger partial charge in [-0.15, -0.1) is 0 Å². The third kappa shape index (κ3) is 4.24. The second kappa shape index (κ2) is 7.63. The van der Waals surface area contributed by atoms with Crippen molar-refractivity contribution >= 4 is 28.3 Å². The largest absolute Gasteiger partial charge is 0.416 e. The van der Waals surface area contributed by atoms with E-state index in [1.54, 1.807) is 0 Å². The zero-order valence-corrected chi connectivity index (χ0v) is 14.2. The molecule has 0 fully saturated rings. The Morgan fingerprint density at radius 1 is 1.08 bits per heavy atom. The van der Waals surface area contributed by atoms with E-state index in [4.69, 9.17) is 11.6 Å². The van der Waals surface area contributed by atoms with Crippen molar-refractivity contribution in [3.8, 4) is 11.8 Å². The van der Waals surface area contributed by atoms with Crippen LogP contribution in [0.25, 0.3) is 10.9 Å². The summed E-state index contributed by atoms with van der Waals surface area (Å²) in [5, 5.41) is 4.24. The fourth-order valence-electron chi connectivity index (χ4n) is 2.34. The van der Waals surface area contributed by atoms with Crippen LogP contribution < -0.4 is 5.32 Å². The molecule has 1 heterocycles. The number of hydrogen-bond acceptors (Lipinski definition) is 3. The standard InChI is InChI=1S/C19H13ClF3N3/c20-16-9-8-14(19(21,22)23)11-13(16)5-3-4-10-24-18-15-6-1-2-7-17(15)25-12-26-18/h1-2,6-9,11-12H,4,10H2,(H,24,25,26). The van der Waals surface area contributed by atoms with Crippen molar-refractivity contribution in [2.24, 2.45) is 0 Å². The first-order valence-corrected chi connectivity index (χ1v) is 8.12. The van der Waals surface area contributed by atoms with Crippen molar-refractivity contribution in [2.45, 2.75) is 12.6 Å². The van der Waals surface area contributed by atoms with Crippen molar-refractivity contribution in [3.63, 3.8) is 0 Å². The highest BCUT2D eigenvalue weighted by Gasteiger charge is 2.30. The van der Waals surface area contributed by atoms with Gasteiger partial charge in [0.2, 0.25) is 0 Å². The van der Waals surface area contributed by atoms with Crippen molar-refractivity contribution in [1.29, 1.82) is 0 Å². The monoisotopic (exact) mass is 375 g/mol. The molecule has 0 amide bonds. The minimum absolute atomic E-state index is 0.161. The number of rotatable bonds is 3. The Bertz CT molecular complexity index is 985. The van der Waals surface area contributed by atoms with Gasteiger partial charge in [0.1, 0.15) is 12.1 Å². The molecule has 0 saturated heterocycles. The Morgan fingerprint density at radius 2 is 1.88 bits per heavy atom. The number of alkyl halides is 3. The molecule has 2 aromatic carbocycles. The smallest absolute Gasteiger partial charge is 0.368 e. The van der Waals surface area contributed by atoms with E-state index in [-0.39, 0.29) is 10.6 Å². The van der Waals surface area contributed by atoms with Gasteiger partial charge in [-0.3, -0.25) is 0 Å². The molecule has 132 valence electrons. The highest BCUT2D eigenvalue weighted by molar-refractivity contribution is 6.31. The quantitative estimate of drug-likeness (QED) is 0.508. The van der Waals surface area contributed by atoms with Crippen LogP contribution in [0.1, 0.15) is 17.5 Å². The van der Waals surface area contributed by atoms with Gasteiger partial charge in [-0.25, -0.2) is 9.97 Å². The molecule has 0 saturated carbocycles. The minimum atomic E-state index is -4.42. The van der Waals surface area contributed by atoms with E-state index in [1.807, 2.05) is 24.3 Å². The fraction of sp³-hybridized carbons (Fsp3) is 0.158. The van der Waals surface area contributed by atoms with E-state index in [9.17, 15) is 13.2 Å². The molecule has 0 spiro atoms. The topological polar surface area (TPSA) is 37.8 Å². The lowest BCUT2D eigenvalue weighted by molar-refractivity contribution is -0.137. The Labute approximate surface area is 153 Å². The SMILES string of the molecule is FC(F)(F)c1ccc(Cl)c(C#CCCNc2ncnc3ccccc23)c1. The highest BCUT2D eigenvalue weighted by atomic mass is 35.5. The maximum Gasteiger partial charge on any atom is 0.416 e. The minimum Gasteiger partial charge on any atom is -0.368 e. The number of anilines is 1. The average molecular weight is 376 g/mol. The molecule has 3 nitrogen and oxygen atoms in total. The maximum atomic E-state index is 12.7. The average Bonchev–Trinajstić information content (AvgIpc) is 2.62. The number of hydrogen-bond donors (Lipinski definition) is 1. The molecule has 0 aliphatic carbocycles. The number of nitrogens with one attached hydrogen (secondary N) is 1. The molecular weight excluding hydrogens is 363 g/mol. The zero-order valence-electron chi connectivity index (χ0n) is 13.4. The Kier molecular flexibility index (Phi) is 5.29. The summed E-state index contributed by atoms with van der Waals surface area (Å²) in [5.74, 6) is 6.22. The van der Waals surface area contributed by atoms with Crippen LogP contribution in [0.4, 0.5) is 19.0 Å². The second-order valence-electron chi connectivity index (χ2n) is 5.41. The van der Waals surface area contributed by atoms with Crippen LogP contribution in [0.5, 0.6) is 0 Å². The van der Waals surface area contributed by atoms with Gasteiger partial charge in [0.05, 0.1) is 16.1 Å². The number of benzene rings is 2.